The molecule has 0 aliphatic heterocycles. The third kappa shape index (κ3) is 6.03. The molecule has 0 saturated heterocycles. The van der Waals surface area contributed by atoms with Crippen molar-refractivity contribution < 1.29 is 30.9 Å². The van der Waals surface area contributed by atoms with Crippen molar-refractivity contribution in [3.63, 3.8) is 0 Å². The average Bonchev–Trinajstić information content (AvgIpc) is 2.71. The molecular weight excluding hydrogens is 457 g/mol. The summed E-state index contributed by atoms with van der Waals surface area (Å²) >= 11 is 0. The standard InChI is InChI=1S/C19H16F5N5O2S/c1-32(30)29-15-8-3-2-7-14(15)27-16-13(20)10-25-18(28-16)26-11-5-4-6-12(9-11)31-19(23,24)17(21)22/h2-10,17,29H,1H3,(H2,25,26,27,28). The third-order valence-electron chi connectivity index (χ3n) is 3.78. The molecule has 2 aromatic carbocycles. The maximum absolute atomic E-state index is 14.2. The first-order valence-electron chi connectivity index (χ1n) is 8.85. The Morgan fingerprint density at radius 3 is 2.47 bits per heavy atom. The lowest BCUT2D eigenvalue weighted by atomic mass is 10.2. The Morgan fingerprint density at radius 1 is 1.06 bits per heavy atom. The Hall–Kier alpha value is -3.48. The summed E-state index contributed by atoms with van der Waals surface area (Å²) in [6.45, 7) is 0. The van der Waals surface area contributed by atoms with Gasteiger partial charge in [-0.2, -0.15) is 22.5 Å². The van der Waals surface area contributed by atoms with Crippen molar-refractivity contribution in [3.05, 3.63) is 60.5 Å². The summed E-state index contributed by atoms with van der Waals surface area (Å²) in [5.41, 5.74) is 0.954. The fourth-order valence-electron chi connectivity index (χ4n) is 2.45. The minimum Gasteiger partial charge on any atom is -0.428 e. The predicted molar refractivity (Wildman–Crippen MR) is 111 cm³/mol. The summed E-state index contributed by atoms with van der Waals surface area (Å²) in [5, 5.41) is 5.41. The van der Waals surface area contributed by atoms with Gasteiger partial charge in [-0.05, 0) is 24.3 Å². The molecule has 0 aliphatic rings. The van der Waals surface area contributed by atoms with Gasteiger partial charge in [0.15, 0.2) is 11.6 Å². The average molecular weight is 473 g/mol. The van der Waals surface area contributed by atoms with E-state index in [0.29, 0.717) is 11.4 Å². The van der Waals surface area contributed by atoms with Crippen LogP contribution in [0.5, 0.6) is 5.75 Å². The van der Waals surface area contributed by atoms with Crippen LogP contribution in [-0.4, -0.2) is 33.0 Å². The van der Waals surface area contributed by atoms with Crippen LogP contribution in [0.25, 0.3) is 0 Å². The first-order chi connectivity index (χ1) is 15.1. The molecule has 0 spiro atoms. The second kappa shape index (κ2) is 9.77. The molecule has 1 heterocycles. The fraction of sp³-hybridized carbons (Fsp3) is 0.158. The number of nitrogens with zero attached hydrogens (tertiary/aromatic N) is 2. The van der Waals surface area contributed by atoms with Crippen LogP contribution in [0.4, 0.5) is 50.8 Å². The van der Waals surface area contributed by atoms with E-state index in [1.807, 2.05) is 0 Å². The molecule has 0 aliphatic carbocycles. The van der Waals surface area contributed by atoms with Crippen LogP contribution >= 0.6 is 0 Å². The van der Waals surface area contributed by atoms with Gasteiger partial charge in [0.2, 0.25) is 5.95 Å². The molecule has 170 valence electrons. The van der Waals surface area contributed by atoms with E-state index in [4.69, 9.17) is 0 Å². The highest BCUT2D eigenvalue weighted by atomic mass is 32.2. The van der Waals surface area contributed by atoms with Gasteiger partial charge >= 0.3 is 12.5 Å². The molecule has 32 heavy (non-hydrogen) atoms. The number of hydrogen-bond donors (Lipinski definition) is 3. The van der Waals surface area contributed by atoms with Gasteiger partial charge in [-0.1, -0.05) is 18.2 Å². The summed E-state index contributed by atoms with van der Waals surface area (Å²) in [6.07, 6.45) is -6.36. The number of nitrogens with one attached hydrogen (secondary N) is 3. The normalized spacial score (nSPS) is 12.3. The maximum Gasteiger partial charge on any atom is 0.461 e. The van der Waals surface area contributed by atoms with E-state index < -0.39 is 35.1 Å². The summed E-state index contributed by atoms with van der Waals surface area (Å²) < 4.78 is 83.3. The van der Waals surface area contributed by atoms with Crippen molar-refractivity contribution in [2.75, 3.05) is 21.6 Å². The van der Waals surface area contributed by atoms with Crippen LogP contribution < -0.4 is 20.1 Å². The lowest BCUT2D eigenvalue weighted by molar-refractivity contribution is -0.253. The van der Waals surface area contributed by atoms with E-state index in [9.17, 15) is 26.2 Å². The molecule has 0 amide bonds. The molecule has 0 saturated carbocycles. The highest BCUT2D eigenvalue weighted by molar-refractivity contribution is 7.85. The number of hydrogen-bond acceptors (Lipinski definition) is 6. The van der Waals surface area contributed by atoms with E-state index in [1.54, 1.807) is 24.3 Å². The van der Waals surface area contributed by atoms with Crippen molar-refractivity contribution in [3.8, 4) is 5.75 Å². The Labute approximate surface area is 181 Å². The largest absolute Gasteiger partial charge is 0.461 e. The third-order valence-corrected chi connectivity index (χ3v) is 4.28. The molecule has 1 aromatic heterocycles. The van der Waals surface area contributed by atoms with Gasteiger partial charge in [0.1, 0.15) is 16.7 Å². The van der Waals surface area contributed by atoms with Gasteiger partial charge in [0.25, 0.3) is 0 Å². The zero-order valence-corrected chi connectivity index (χ0v) is 17.1. The number of anilines is 5. The fourth-order valence-corrected chi connectivity index (χ4v) is 2.93. The molecule has 7 nitrogen and oxygen atoms in total. The molecule has 1 unspecified atom stereocenters. The molecule has 13 heteroatoms. The first-order valence-corrected chi connectivity index (χ1v) is 10.4. The van der Waals surface area contributed by atoms with Crippen molar-refractivity contribution in [1.29, 1.82) is 0 Å². The first kappa shape index (κ1) is 23.2. The van der Waals surface area contributed by atoms with Crippen molar-refractivity contribution in [2.45, 2.75) is 12.5 Å². The Bertz CT molecular complexity index is 1120. The van der Waals surface area contributed by atoms with Crippen LogP contribution in [0, 0.1) is 5.82 Å². The van der Waals surface area contributed by atoms with Crippen molar-refractivity contribution in [1.82, 2.24) is 9.97 Å². The Kier molecular flexibility index (Phi) is 7.08. The summed E-state index contributed by atoms with van der Waals surface area (Å²) in [5.74, 6) is -1.66. The monoisotopic (exact) mass is 473 g/mol. The zero-order valence-electron chi connectivity index (χ0n) is 16.3. The molecule has 0 fully saturated rings. The molecule has 0 bridgehead atoms. The lowest BCUT2D eigenvalue weighted by Crippen LogP contribution is -2.33. The highest BCUT2D eigenvalue weighted by Crippen LogP contribution is 2.30. The van der Waals surface area contributed by atoms with E-state index in [2.05, 4.69) is 30.1 Å². The molecule has 3 rings (SSSR count). The Morgan fingerprint density at radius 2 is 1.78 bits per heavy atom. The van der Waals surface area contributed by atoms with Crippen LogP contribution in [0.3, 0.4) is 0 Å². The molecule has 0 radical (unpaired) electrons. The number of alkyl halides is 4. The Balaban J connectivity index is 1.80. The van der Waals surface area contributed by atoms with Crippen molar-refractivity contribution in [2.24, 2.45) is 0 Å². The highest BCUT2D eigenvalue weighted by Gasteiger charge is 2.44. The van der Waals surface area contributed by atoms with E-state index in [1.165, 1.54) is 18.4 Å². The molecule has 3 aromatic rings. The lowest BCUT2D eigenvalue weighted by Gasteiger charge is -2.17. The van der Waals surface area contributed by atoms with Crippen LogP contribution in [0.2, 0.25) is 0 Å². The van der Waals surface area contributed by atoms with Crippen LogP contribution in [0.1, 0.15) is 0 Å². The van der Waals surface area contributed by atoms with Gasteiger partial charge in [-0.25, -0.2) is 13.6 Å². The number of aromatic nitrogens is 2. The minimum absolute atomic E-state index is 0.115. The van der Waals surface area contributed by atoms with Gasteiger partial charge in [-0.15, -0.1) is 0 Å². The van der Waals surface area contributed by atoms with Crippen LogP contribution in [0.15, 0.2) is 54.7 Å². The van der Waals surface area contributed by atoms with E-state index in [-0.39, 0.29) is 17.5 Å². The predicted octanol–water partition coefficient (Wildman–Crippen LogP) is 5.05. The van der Waals surface area contributed by atoms with Crippen LogP contribution in [-0.2, 0) is 11.0 Å². The zero-order chi connectivity index (χ0) is 23.3. The second-order valence-corrected chi connectivity index (χ2v) is 7.35. The van der Waals surface area contributed by atoms with Gasteiger partial charge < -0.3 is 20.1 Å². The molecular formula is C19H16F5N5O2S. The summed E-state index contributed by atoms with van der Waals surface area (Å²) in [6, 6.07) is 11.4. The number of halogens is 5. The maximum atomic E-state index is 14.2. The van der Waals surface area contributed by atoms with Gasteiger partial charge in [-0.3, -0.25) is 0 Å². The molecule has 1 atom stereocenters. The number of rotatable bonds is 9. The summed E-state index contributed by atoms with van der Waals surface area (Å²) in [7, 11) is -1.37. The second-order valence-electron chi connectivity index (χ2n) is 6.23. The molecule has 3 N–H and O–H groups in total. The number of benzene rings is 2. The topological polar surface area (TPSA) is 88.2 Å². The number of ether oxygens (including phenoxy) is 1. The number of para-hydroxylation sites is 2. The smallest absolute Gasteiger partial charge is 0.428 e. The van der Waals surface area contributed by atoms with E-state index >= 15 is 0 Å². The van der Waals surface area contributed by atoms with Crippen molar-refractivity contribution >= 4 is 39.8 Å². The quantitative estimate of drug-likeness (QED) is 0.377. The van der Waals surface area contributed by atoms with Gasteiger partial charge in [0, 0.05) is 18.0 Å². The SMILES string of the molecule is CS(=O)Nc1ccccc1Nc1nc(Nc2cccc(OC(F)(F)C(F)F)c2)ncc1F. The minimum atomic E-state index is -4.66. The summed E-state index contributed by atoms with van der Waals surface area (Å²) in [4.78, 5) is 7.76. The van der Waals surface area contributed by atoms with Gasteiger partial charge in [0.05, 0.1) is 17.6 Å². The van der Waals surface area contributed by atoms with E-state index in [0.717, 1.165) is 18.3 Å².